The van der Waals surface area contributed by atoms with Gasteiger partial charge in [-0.1, -0.05) is 30.3 Å². The Labute approximate surface area is 214 Å². The zero-order valence-corrected chi connectivity index (χ0v) is 20.5. The predicted molar refractivity (Wildman–Crippen MR) is 141 cm³/mol. The van der Waals surface area contributed by atoms with E-state index in [0.717, 1.165) is 5.56 Å². The van der Waals surface area contributed by atoms with Gasteiger partial charge in [-0.3, -0.25) is 19.7 Å². The van der Waals surface area contributed by atoms with Gasteiger partial charge in [-0.2, -0.15) is 5.26 Å². The number of aromatic nitrogens is 2. The number of imidazole rings is 1. The highest BCUT2D eigenvalue weighted by Gasteiger charge is 2.22. The minimum absolute atomic E-state index is 0.0555. The maximum Gasteiger partial charge on any atom is 0.257 e. The summed E-state index contributed by atoms with van der Waals surface area (Å²) in [6, 6.07) is 23.1. The molecule has 0 aliphatic carbocycles. The Kier molecular flexibility index (Phi) is 7.30. The Morgan fingerprint density at radius 1 is 1.08 bits per heavy atom. The first kappa shape index (κ1) is 25.1. The van der Waals surface area contributed by atoms with Crippen LogP contribution in [0, 0.1) is 11.3 Å². The number of hydrogen-bond acceptors (Lipinski definition) is 5. The van der Waals surface area contributed by atoms with Gasteiger partial charge in [0.15, 0.2) is 0 Å². The Morgan fingerprint density at radius 2 is 1.78 bits per heavy atom. The quantitative estimate of drug-likeness (QED) is 0.384. The van der Waals surface area contributed by atoms with E-state index in [1.54, 1.807) is 59.0 Å². The van der Waals surface area contributed by atoms with Crippen LogP contribution in [0.2, 0.25) is 0 Å². The van der Waals surface area contributed by atoms with Gasteiger partial charge in [0.1, 0.15) is 0 Å². The molecule has 0 fully saturated rings. The third kappa shape index (κ3) is 5.49. The second-order valence-electron chi connectivity index (χ2n) is 8.65. The maximum atomic E-state index is 13.1. The number of aryl methyl sites for hydroxylation is 1. The summed E-state index contributed by atoms with van der Waals surface area (Å²) in [7, 11) is 1.71. The molecule has 186 valence electrons. The molecule has 0 saturated carbocycles. The van der Waals surface area contributed by atoms with E-state index in [2.05, 4.69) is 10.3 Å². The van der Waals surface area contributed by atoms with Gasteiger partial charge < -0.3 is 15.2 Å². The van der Waals surface area contributed by atoms with Gasteiger partial charge in [0.25, 0.3) is 5.91 Å². The summed E-state index contributed by atoms with van der Waals surface area (Å²) >= 11 is 0. The van der Waals surface area contributed by atoms with Gasteiger partial charge in [0.2, 0.25) is 17.8 Å². The lowest BCUT2D eigenvalue weighted by Gasteiger charge is -2.22. The van der Waals surface area contributed by atoms with Crippen LogP contribution in [0.3, 0.4) is 0 Å². The van der Waals surface area contributed by atoms with E-state index in [1.807, 2.05) is 43.3 Å². The van der Waals surface area contributed by atoms with Crippen LogP contribution in [0.1, 0.15) is 40.7 Å². The largest absolute Gasteiger partial charge is 0.370 e. The molecule has 0 radical (unpaired) electrons. The molecule has 0 spiro atoms. The van der Waals surface area contributed by atoms with E-state index >= 15 is 0 Å². The lowest BCUT2D eigenvalue weighted by Crippen LogP contribution is -2.30. The van der Waals surface area contributed by atoms with E-state index in [9.17, 15) is 14.4 Å². The van der Waals surface area contributed by atoms with Crippen molar-refractivity contribution in [1.82, 2.24) is 9.55 Å². The number of fused-ring (bicyclic) bond motifs is 1. The molecule has 0 aliphatic rings. The molecule has 37 heavy (non-hydrogen) atoms. The highest BCUT2D eigenvalue weighted by molar-refractivity contribution is 6.04. The molecule has 4 aromatic rings. The summed E-state index contributed by atoms with van der Waals surface area (Å²) in [4.78, 5) is 43.7. The Morgan fingerprint density at radius 3 is 2.43 bits per heavy atom. The molecular weight excluding hydrogens is 468 g/mol. The second kappa shape index (κ2) is 10.7. The molecule has 9 heteroatoms. The number of carbonyl (C=O) groups excluding carboxylic acids is 3. The molecule has 0 bridgehead atoms. The number of hydrogen-bond donors (Lipinski definition) is 2. The number of anilines is 2. The van der Waals surface area contributed by atoms with Crippen molar-refractivity contribution in [2.75, 3.05) is 17.3 Å². The van der Waals surface area contributed by atoms with Gasteiger partial charge in [0, 0.05) is 31.3 Å². The summed E-state index contributed by atoms with van der Waals surface area (Å²) in [5.74, 6) is -1.06. The van der Waals surface area contributed by atoms with Crippen LogP contribution in [-0.2, 0) is 16.1 Å². The van der Waals surface area contributed by atoms with Crippen molar-refractivity contribution in [1.29, 1.82) is 5.26 Å². The normalized spacial score (nSPS) is 11.5. The average Bonchev–Trinajstić information content (AvgIpc) is 3.26. The fourth-order valence-electron chi connectivity index (χ4n) is 4.04. The SMILES string of the molecule is C[C@@H](C(=O)N(C)c1ccc2c(c1)nc(NC(=O)c1ccc(C#N)cc1)n2CCC(N)=O)c1ccccc1. The third-order valence-electron chi connectivity index (χ3n) is 6.20. The van der Waals surface area contributed by atoms with Crippen LogP contribution in [-0.4, -0.2) is 34.3 Å². The highest BCUT2D eigenvalue weighted by Crippen LogP contribution is 2.27. The number of nitrogens with two attached hydrogens (primary N) is 1. The molecule has 0 aliphatic heterocycles. The number of nitrogens with one attached hydrogen (secondary N) is 1. The highest BCUT2D eigenvalue weighted by atomic mass is 16.2. The molecule has 0 unspecified atom stereocenters. The molecule has 1 heterocycles. The van der Waals surface area contributed by atoms with Crippen LogP contribution in [0.15, 0.2) is 72.8 Å². The van der Waals surface area contributed by atoms with E-state index in [0.29, 0.717) is 27.8 Å². The minimum Gasteiger partial charge on any atom is -0.370 e. The number of rotatable bonds is 8. The third-order valence-corrected chi connectivity index (χ3v) is 6.20. The van der Waals surface area contributed by atoms with Gasteiger partial charge in [0.05, 0.1) is 28.6 Å². The van der Waals surface area contributed by atoms with Crippen LogP contribution in [0.4, 0.5) is 11.6 Å². The maximum absolute atomic E-state index is 13.1. The minimum atomic E-state index is -0.483. The number of likely N-dealkylation sites (N-methyl/N-ethyl adjacent to an activating group) is 1. The van der Waals surface area contributed by atoms with Gasteiger partial charge in [-0.15, -0.1) is 0 Å². The molecule has 1 atom stereocenters. The van der Waals surface area contributed by atoms with Gasteiger partial charge in [-0.25, -0.2) is 4.98 Å². The van der Waals surface area contributed by atoms with E-state index in [4.69, 9.17) is 11.0 Å². The van der Waals surface area contributed by atoms with Crippen molar-refractivity contribution >= 4 is 40.4 Å². The Balaban J connectivity index is 1.64. The lowest BCUT2D eigenvalue weighted by molar-refractivity contribution is -0.119. The second-order valence-corrected chi connectivity index (χ2v) is 8.65. The van der Waals surface area contributed by atoms with Crippen LogP contribution < -0.4 is 16.0 Å². The molecular formula is C28H26N6O3. The summed E-state index contributed by atoms with van der Waals surface area (Å²) in [6.07, 6.45) is 0.0555. The standard InChI is InChI=1S/C28H26N6O3/c1-18(20-6-4-3-5-7-20)27(37)33(2)22-12-13-24-23(16-22)31-28(34(24)15-14-25(30)35)32-26(36)21-10-8-19(17-29)9-11-21/h3-13,16,18H,14-15H2,1-2H3,(H2,30,35)(H,31,32,36)/t18-/m1/s1. The fourth-order valence-corrected chi connectivity index (χ4v) is 4.04. The van der Waals surface area contributed by atoms with Gasteiger partial charge in [-0.05, 0) is 55.0 Å². The van der Waals surface area contributed by atoms with Crippen LogP contribution >= 0.6 is 0 Å². The van der Waals surface area contributed by atoms with E-state index in [1.165, 1.54) is 0 Å². The molecule has 1 aromatic heterocycles. The first-order valence-electron chi connectivity index (χ1n) is 11.7. The number of benzene rings is 3. The fraction of sp³-hybridized carbons (Fsp3) is 0.179. The number of primary amides is 1. The first-order chi connectivity index (χ1) is 17.8. The van der Waals surface area contributed by atoms with Crippen molar-refractivity contribution < 1.29 is 14.4 Å². The summed E-state index contributed by atoms with van der Waals surface area (Å²) in [5.41, 5.74) is 8.95. The van der Waals surface area contributed by atoms with Crippen molar-refractivity contribution in [2.45, 2.75) is 25.8 Å². The van der Waals surface area contributed by atoms with Crippen LogP contribution in [0.5, 0.6) is 0 Å². The first-order valence-corrected chi connectivity index (χ1v) is 11.7. The van der Waals surface area contributed by atoms with E-state index in [-0.39, 0.29) is 30.7 Å². The number of nitrogens with zero attached hydrogens (tertiary/aromatic N) is 4. The molecule has 4 rings (SSSR count). The Hall–Kier alpha value is -4.97. The zero-order valence-electron chi connectivity index (χ0n) is 20.5. The summed E-state index contributed by atoms with van der Waals surface area (Å²) in [5, 5.41) is 11.8. The van der Waals surface area contributed by atoms with Crippen LogP contribution in [0.25, 0.3) is 11.0 Å². The molecule has 9 nitrogen and oxygen atoms in total. The topological polar surface area (TPSA) is 134 Å². The lowest BCUT2D eigenvalue weighted by atomic mass is 10.00. The summed E-state index contributed by atoms with van der Waals surface area (Å²) in [6.45, 7) is 2.08. The van der Waals surface area contributed by atoms with Crippen molar-refractivity contribution in [3.63, 3.8) is 0 Å². The smallest absolute Gasteiger partial charge is 0.257 e. The number of carbonyl (C=O) groups is 3. The predicted octanol–water partition coefficient (Wildman–Crippen LogP) is 3.80. The monoisotopic (exact) mass is 494 g/mol. The number of nitriles is 1. The average molecular weight is 495 g/mol. The zero-order chi connectivity index (χ0) is 26.5. The number of amides is 3. The van der Waals surface area contributed by atoms with Crippen molar-refractivity contribution in [2.24, 2.45) is 5.73 Å². The Bertz CT molecular complexity index is 1500. The van der Waals surface area contributed by atoms with Gasteiger partial charge >= 0.3 is 0 Å². The summed E-state index contributed by atoms with van der Waals surface area (Å²) < 4.78 is 1.71. The molecule has 3 amide bonds. The molecule has 0 saturated heterocycles. The van der Waals surface area contributed by atoms with Crippen molar-refractivity contribution in [3.8, 4) is 6.07 Å². The van der Waals surface area contributed by atoms with Crippen molar-refractivity contribution in [3.05, 3.63) is 89.5 Å². The molecule has 3 N–H and O–H groups in total. The van der Waals surface area contributed by atoms with E-state index < -0.39 is 11.8 Å². The molecule has 3 aromatic carbocycles.